The van der Waals surface area contributed by atoms with Gasteiger partial charge < -0.3 is 9.80 Å². The van der Waals surface area contributed by atoms with E-state index in [2.05, 4.69) is 16.8 Å². The van der Waals surface area contributed by atoms with Gasteiger partial charge in [0.15, 0.2) is 0 Å². The zero-order valence-corrected chi connectivity index (χ0v) is 8.65. The SMILES string of the molecule is CN1CCN(CC2CC2)CC1.Cl. The first-order valence-electron chi connectivity index (χ1n) is 4.75. The fourth-order valence-corrected chi connectivity index (χ4v) is 1.70. The molecule has 1 heterocycles. The maximum absolute atomic E-state index is 2.62. The van der Waals surface area contributed by atoms with Gasteiger partial charge in [-0.25, -0.2) is 0 Å². The molecule has 0 unspecified atom stereocenters. The molecular formula is C9H19ClN2. The smallest absolute Gasteiger partial charge is 0.0110 e. The van der Waals surface area contributed by atoms with E-state index in [1.165, 1.54) is 45.6 Å². The number of halogens is 1. The molecule has 1 saturated carbocycles. The first kappa shape index (κ1) is 10.3. The maximum atomic E-state index is 2.62. The summed E-state index contributed by atoms with van der Waals surface area (Å²) in [5, 5.41) is 0. The first-order chi connectivity index (χ1) is 5.34. The second-order valence-corrected chi connectivity index (χ2v) is 4.05. The van der Waals surface area contributed by atoms with Crippen molar-refractivity contribution < 1.29 is 0 Å². The predicted molar refractivity (Wildman–Crippen MR) is 53.9 cm³/mol. The third-order valence-corrected chi connectivity index (χ3v) is 2.81. The van der Waals surface area contributed by atoms with E-state index in [0.717, 1.165) is 5.92 Å². The van der Waals surface area contributed by atoms with Crippen molar-refractivity contribution in [2.45, 2.75) is 12.8 Å². The fourth-order valence-electron chi connectivity index (χ4n) is 1.70. The van der Waals surface area contributed by atoms with E-state index in [-0.39, 0.29) is 12.4 Å². The van der Waals surface area contributed by atoms with Gasteiger partial charge >= 0.3 is 0 Å². The first-order valence-corrected chi connectivity index (χ1v) is 4.75. The van der Waals surface area contributed by atoms with Gasteiger partial charge in [0.2, 0.25) is 0 Å². The minimum atomic E-state index is 0. The van der Waals surface area contributed by atoms with Gasteiger partial charge in [-0.15, -0.1) is 12.4 Å². The molecule has 3 heteroatoms. The van der Waals surface area contributed by atoms with Crippen LogP contribution in [0, 0.1) is 5.92 Å². The molecule has 1 aliphatic carbocycles. The van der Waals surface area contributed by atoms with Crippen LogP contribution in [0.2, 0.25) is 0 Å². The summed E-state index contributed by atoms with van der Waals surface area (Å²) in [6, 6.07) is 0. The van der Waals surface area contributed by atoms with E-state index in [0.29, 0.717) is 0 Å². The molecule has 2 nitrogen and oxygen atoms in total. The Balaban J connectivity index is 0.000000720. The van der Waals surface area contributed by atoms with Crippen molar-refractivity contribution in [1.82, 2.24) is 9.80 Å². The lowest BCUT2D eigenvalue weighted by atomic mass is 10.3. The lowest BCUT2D eigenvalue weighted by Gasteiger charge is -2.32. The maximum Gasteiger partial charge on any atom is 0.0110 e. The lowest BCUT2D eigenvalue weighted by molar-refractivity contribution is 0.149. The monoisotopic (exact) mass is 190 g/mol. The standard InChI is InChI=1S/C9H18N2.ClH/c1-10-4-6-11(7-5-10)8-9-2-3-9;/h9H,2-8H2,1H3;1H. The molecule has 0 aromatic rings. The summed E-state index contributed by atoms with van der Waals surface area (Å²) in [5.41, 5.74) is 0. The van der Waals surface area contributed by atoms with Crippen LogP contribution in [0.3, 0.4) is 0 Å². The Morgan fingerprint density at radius 2 is 1.67 bits per heavy atom. The Labute approximate surface area is 81.3 Å². The lowest BCUT2D eigenvalue weighted by Crippen LogP contribution is -2.45. The summed E-state index contributed by atoms with van der Waals surface area (Å²) < 4.78 is 0. The molecule has 0 spiro atoms. The van der Waals surface area contributed by atoms with Crippen molar-refractivity contribution >= 4 is 12.4 Å². The van der Waals surface area contributed by atoms with Gasteiger partial charge in [-0.2, -0.15) is 0 Å². The number of nitrogens with zero attached hydrogens (tertiary/aromatic N) is 2. The quantitative estimate of drug-likeness (QED) is 0.643. The summed E-state index contributed by atoms with van der Waals surface area (Å²) in [4.78, 5) is 5.04. The molecule has 0 amide bonds. The van der Waals surface area contributed by atoms with Crippen molar-refractivity contribution in [3.05, 3.63) is 0 Å². The zero-order valence-electron chi connectivity index (χ0n) is 7.83. The number of likely N-dealkylation sites (N-methyl/N-ethyl adjacent to an activating group) is 1. The molecule has 1 aliphatic heterocycles. The van der Waals surface area contributed by atoms with Crippen molar-refractivity contribution in [2.75, 3.05) is 39.8 Å². The Morgan fingerprint density at radius 1 is 1.08 bits per heavy atom. The van der Waals surface area contributed by atoms with Crippen LogP contribution in [-0.4, -0.2) is 49.6 Å². The summed E-state index contributed by atoms with van der Waals surface area (Å²) in [7, 11) is 2.22. The van der Waals surface area contributed by atoms with Crippen LogP contribution in [0.25, 0.3) is 0 Å². The van der Waals surface area contributed by atoms with Gasteiger partial charge in [0.25, 0.3) is 0 Å². The predicted octanol–water partition coefficient (Wildman–Crippen LogP) is 1.07. The highest BCUT2D eigenvalue weighted by Crippen LogP contribution is 2.29. The van der Waals surface area contributed by atoms with Crippen LogP contribution >= 0.6 is 12.4 Å². The van der Waals surface area contributed by atoms with Gasteiger partial charge in [-0.05, 0) is 25.8 Å². The molecule has 0 N–H and O–H groups in total. The van der Waals surface area contributed by atoms with Gasteiger partial charge in [0.05, 0.1) is 0 Å². The molecule has 1 saturated heterocycles. The summed E-state index contributed by atoms with van der Waals surface area (Å²) in [5.74, 6) is 1.07. The Morgan fingerprint density at radius 3 is 2.17 bits per heavy atom. The number of hydrogen-bond donors (Lipinski definition) is 0. The van der Waals surface area contributed by atoms with E-state index in [4.69, 9.17) is 0 Å². The molecule has 2 rings (SSSR count). The summed E-state index contributed by atoms with van der Waals surface area (Å²) in [6.45, 7) is 6.52. The summed E-state index contributed by atoms with van der Waals surface area (Å²) >= 11 is 0. The molecular weight excluding hydrogens is 172 g/mol. The molecule has 2 aliphatic rings. The van der Waals surface area contributed by atoms with Crippen molar-refractivity contribution in [3.63, 3.8) is 0 Å². The van der Waals surface area contributed by atoms with Gasteiger partial charge in [-0.1, -0.05) is 0 Å². The average Bonchev–Trinajstić information content (AvgIpc) is 2.78. The van der Waals surface area contributed by atoms with E-state index < -0.39 is 0 Å². The minimum absolute atomic E-state index is 0. The van der Waals surface area contributed by atoms with Crippen LogP contribution in [0.15, 0.2) is 0 Å². The molecule has 0 aromatic heterocycles. The van der Waals surface area contributed by atoms with E-state index in [1.54, 1.807) is 0 Å². The molecule has 0 radical (unpaired) electrons. The van der Waals surface area contributed by atoms with Crippen LogP contribution in [-0.2, 0) is 0 Å². The highest BCUT2D eigenvalue weighted by molar-refractivity contribution is 5.85. The van der Waals surface area contributed by atoms with Crippen molar-refractivity contribution in [1.29, 1.82) is 0 Å². The number of piperazine rings is 1. The Hall–Kier alpha value is 0.210. The highest BCUT2D eigenvalue weighted by Gasteiger charge is 2.25. The van der Waals surface area contributed by atoms with Crippen LogP contribution in [0.1, 0.15) is 12.8 Å². The second kappa shape index (κ2) is 4.45. The zero-order chi connectivity index (χ0) is 7.68. The Bertz CT molecular complexity index is 128. The van der Waals surface area contributed by atoms with Gasteiger partial charge in [-0.3, -0.25) is 0 Å². The highest BCUT2D eigenvalue weighted by atomic mass is 35.5. The summed E-state index contributed by atoms with van der Waals surface area (Å²) in [6.07, 6.45) is 2.98. The van der Waals surface area contributed by atoms with Crippen molar-refractivity contribution in [2.24, 2.45) is 5.92 Å². The second-order valence-electron chi connectivity index (χ2n) is 4.05. The minimum Gasteiger partial charge on any atom is -0.304 e. The third kappa shape index (κ3) is 2.92. The number of rotatable bonds is 2. The van der Waals surface area contributed by atoms with Crippen LogP contribution in [0.4, 0.5) is 0 Å². The molecule has 0 atom stereocenters. The van der Waals surface area contributed by atoms with Crippen LogP contribution in [0.5, 0.6) is 0 Å². The number of hydrogen-bond acceptors (Lipinski definition) is 2. The molecule has 0 aromatic carbocycles. The van der Waals surface area contributed by atoms with E-state index >= 15 is 0 Å². The molecule has 0 bridgehead atoms. The fraction of sp³-hybridized carbons (Fsp3) is 1.00. The van der Waals surface area contributed by atoms with Crippen LogP contribution < -0.4 is 0 Å². The van der Waals surface area contributed by atoms with Gasteiger partial charge in [0.1, 0.15) is 0 Å². The molecule has 12 heavy (non-hydrogen) atoms. The molecule has 72 valence electrons. The normalized spacial score (nSPS) is 26.8. The van der Waals surface area contributed by atoms with Gasteiger partial charge in [0, 0.05) is 32.7 Å². The molecule has 2 fully saturated rings. The Kier molecular flexibility index (Phi) is 3.81. The van der Waals surface area contributed by atoms with E-state index in [1.807, 2.05) is 0 Å². The third-order valence-electron chi connectivity index (χ3n) is 2.81. The van der Waals surface area contributed by atoms with E-state index in [9.17, 15) is 0 Å². The topological polar surface area (TPSA) is 6.48 Å². The van der Waals surface area contributed by atoms with Crippen molar-refractivity contribution in [3.8, 4) is 0 Å². The average molecular weight is 191 g/mol. The largest absolute Gasteiger partial charge is 0.304 e.